The van der Waals surface area contributed by atoms with Crippen molar-refractivity contribution in [3.05, 3.63) is 35.5 Å². The quantitative estimate of drug-likeness (QED) is 0.689. The molecule has 0 bridgehead atoms. The van der Waals surface area contributed by atoms with Crippen LogP contribution in [0.3, 0.4) is 0 Å². The Morgan fingerprint density at radius 1 is 1.31 bits per heavy atom. The van der Waals surface area contributed by atoms with Crippen molar-refractivity contribution in [3.8, 4) is 0 Å². The lowest BCUT2D eigenvalue weighted by Crippen LogP contribution is -2.46. The number of aryl methyl sites for hydroxylation is 2. The number of fused-ring (bicyclic) bond motifs is 1. The molecular weight excluding hydrogens is 198 g/mol. The highest BCUT2D eigenvalue weighted by atomic mass is 14.9. The topological polar surface area (TPSA) is 67.8 Å². The number of rotatable bonds is 3. The number of nitrogens with one attached hydrogen (secondary N) is 1. The van der Waals surface area contributed by atoms with E-state index in [9.17, 15) is 0 Å². The molecule has 0 radical (unpaired) electrons. The average molecular weight is 217 g/mol. The summed E-state index contributed by atoms with van der Waals surface area (Å²) in [4.78, 5) is 3.28. The van der Waals surface area contributed by atoms with Gasteiger partial charge in [0.15, 0.2) is 0 Å². The minimum absolute atomic E-state index is 0.589. The van der Waals surface area contributed by atoms with Gasteiger partial charge in [0.25, 0.3) is 0 Å². The molecule has 0 unspecified atom stereocenters. The molecule has 0 amide bonds. The minimum Gasteiger partial charge on any atom is -0.361 e. The molecular formula is C13H19N3. The molecule has 0 saturated heterocycles. The molecule has 3 nitrogen and oxygen atoms in total. The van der Waals surface area contributed by atoms with E-state index in [4.69, 9.17) is 11.5 Å². The van der Waals surface area contributed by atoms with Crippen molar-refractivity contribution in [1.82, 2.24) is 4.98 Å². The molecule has 2 rings (SSSR count). The zero-order chi connectivity index (χ0) is 11.8. The summed E-state index contributed by atoms with van der Waals surface area (Å²) in [5.41, 5.74) is 14.7. The van der Waals surface area contributed by atoms with Crippen LogP contribution in [0, 0.1) is 6.92 Å². The Morgan fingerprint density at radius 3 is 2.75 bits per heavy atom. The second-order valence-electron chi connectivity index (χ2n) is 4.87. The average Bonchev–Trinajstić information content (AvgIpc) is 2.56. The number of hydrogen-bond donors (Lipinski definition) is 3. The van der Waals surface area contributed by atoms with Crippen molar-refractivity contribution < 1.29 is 0 Å². The Balaban J connectivity index is 2.25. The molecule has 0 aliphatic carbocycles. The normalized spacial score (nSPS) is 12.2. The van der Waals surface area contributed by atoms with Crippen LogP contribution in [0.4, 0.5) is 0 Å². The van der Waals surface area contributed by atoms with Crippen LogP contribution in [0.15, 0.2) is 24.4 Å². The number of H-pyrrole nitrogens is 1. The van der Waals surface area contributed by atoms with Gasteiger partial charge in [-0.15, -0.1) is 0 Å². The van der Waals surface area contributed by atoms with Gasteiger partial charge in [0.1, 0.15) is 0 Å². The van der Waals surface area contributed by atoms with Crippen LogP contribution in [0.25, 0.3) is 10.9 Å². The summed E-state index contributed by atoms with van der Waals surface area (Å²) in [5.74, 6) is 0. The number of aromatic nitrogens is 1. The van der Waals surface area contributed by atoms with Crippen LogP contribution in [0.1, 0.15) is 24.5 Å². The van der Waals surface area contributed by atoms with Gasteiger partial charge >= 0.3 is 0 Å². The molecule has 1 aromatic carbocycles. The second-order valence-corrected chi connectivity index (χ2v) is 4.87. The fourth-order valence-corrected chi connectivity index (χ4v) is 1.91. The van der Waals surface area contributed by atoms with E-state index in [1.807, 2.05) is 6.92 Å². The van der Waals surface area contributed by atoms with E-state index in [2.05, 4.69) is 36.3 Å². The fraction of sp³-hybridized carbons (Fsp3) is 0.385. The lowest BCUT2D eigenvalue weighted by Gasteiger charge is -2.17. The summed E-state index contributed by atoms with van der Waals surface area (Å²) in [6, 6.07) is 6.44. The van der Waals surface area contributed by atoms with E-state index in [1.165, 1.54) is 22.0 Å². The summed E-state index contributed by atoms with van der Waals surface area (Å²) in [5, 5.41) is 1.27. The van der Waals surface area contributed by atoms with Crippen LogP contribution in [0.5, 0.6) is 0 Å². The Labute approximate surface area is 95.8 Å². The smallest absolute Gasteiger partial charge is 0.0610 e. The van der Waals surface area contributed by atoms with Gasteiger partial charge in [-0.2, -0.15) is 0 Å². The van der Waals surface area contributed by atoms with Crippen molar-refractivity contribution in [2.24, 2.45) is 11.5 Å². The van der Waals surface area contributed by atoms with Crippen LogP contribution in [0.2, 0.25) is 0 Å². The molecule has 1 heterocycles. The van der Waals surface area contributed by atoms with Crippen LogP contribution in [-0.2, 0) is 6.42 Å². The fourth-order valence-electron chi connectivity index (χ4n) is 1.91. The molecule has 16 heavy (non-hydrogen) atoms. The summed E-state index contributed by atoms with van der Waals surface area (Å²) in [7, 11) is 0. The maximum Gasteiger partial charge on any atom is 0.0610 e. The van der Waals surface area contributed by atoms with E-state index in [0.717, 1.165) is 12.8 Å². The standard InChI is InChI=1S/C13H19N3/c1-9-3-4-11-10(5-6-13(2,14)15)8-16-12(11)7-9/h3-4,7-8,16H,5-6,14-15H2,1-2H3. The minimum atomic E-state index is -0.589. The van der Waals surface area contributed by atoms with Gasteiger partial charge in [-0.05, 0) is 43.9 Å². The van der Waals surface area contributed by atoms with Gasteiger partial charge in [-0.3, -0.25) is 0 Å². The lowest BCUT2D eigenvalue weighted by molar-refractivity contribution is 0.451. The Kier molecular flexibility index (Phi) is 2.74. The zero-order valence-corrected chi connectivity index (χ0v) is 9.88. The van der Waals surface area contributed by atoms with E-state index in [1.54, 1.807) is 0 Å². The Hall–Kier alpha value is -1.32. The molecule has 0 fully saturated rings. The van der Waals surface area contributed by atoms with Gasteiger partial charge in [0, 0.05) is 17.1 Å². The second kappa shape index (κ2) is 3.92. The molecule has 0 aliphatic rings. The van der Waals surface area contributed by atoms with Crippen LogP contribution in [-0.4, -0.2) is 10.6 Å². The van der Waals surface area contributed by atoms with Crippen molar-refractivity contribution in [3.63, 3.8) is 0 Å². The third-order valence-electron chi connectivity index (χ3n) is 2.86. The largest absolute Gasteiger partial charge is 0.361 e. The highest BCUT2D eigenvalue weighted by Crippen LogP contribution is 2.21. The number of benzene rings is 1. The van der Waals surface area contributed by atoms with Crippen molar-refractivity contribution >= 4 is 10.9 Å². The van der Waals surface area contributed by atoms with E-state index >= 15 is 0 Å². The summed E-state index contributed by atoms with van der Waals surface area (Å²) in [6.07, 6.45) is 3.75. The van der Waals surface area contributed by atoms with E-state index in [-0.39, 0.29) is 0 Å². The lowest BCUT2D eigenvalue weighted by atomic mass is 10.0. The molecule has 1 aromatic heterocycles. The maximum atomic E-state index is 5.79. The highest BCUT2D eigenvalue weighted by molar-refractivity contribution is 5.83. The number of aromatic amines is 1. The molecule has 0 atom stereocenters. The van der Waals surface area contributed by atoms with Gasteiger partial charge in [0.05, 0.1) is 5.66 Å². The van der Waals surface area contributed by atoms with Crippen molar-refractivity contribution in [1.29, 1.82) is 0 Å². The third-order valence-corrected chi connectivity index (χ3v) is 2.86. The molecule has 0 aliphatic heterocycles. The summed E-state index contributed by atoms with van der Waals surface area (Å²) >= 11 is 0. The first kappa shape index (κ1) is 11.2. The first-order valence-electron chi connectivity index (χ1n) is 5.60. The predicted molar refractivity (Wildman–Crippen MR) is 68.1 cm³/mol. The van der Waals surface area contributed by atoms with Gasteiger partial charge in [0.2, 0.25) is 0 Å². The molecule has 3 heteroatoms. The van der Waals surface area contributed by atoms with E-state index in [0.29, 0.717) is 0 Å². The van der Waals surface area contributed by atoms with Crippen LogP contribution < -0.4 is 11.5 Å². The zero-order valence-electron chi connectivity index (χ0n) is 9.88. The summed E-state index contributed by atoms with van der Waals surface area (Å²) < 4.78 is 0. The van der Waals surface area contributed by atoms with Gasteiger partial charge in [-0.1, -0.05) is 12.1 Å². The molecule has 5 N–H and O–H groups in total. The van der Waals surface area contributed by atoms with Crippen molar-refractivity contribution in [2.75, 3.05) is 0 Å². The number of nitrogens with two attached hydrogens (primary N) is 2. The Morgan fingerprint density at radius 2 is 2.06 bits per heavy atom. The van der Waals surface area contributed by atoms with Gasteiger partial charge < -0.3 is 16.5 Å². The van der Waals surface area contributed by atoms with E-state index < -0.39 is 5.66 Å². The van der Waals surface area contributed by atoms with Crippen molar-refractivity contribution in [2.45, 2.75) is 32.4 Å². The molecule has 86 valence electrons. The molecule has 0 saturated carbocycles. The predicted octanol–water partition coefficient (Wildman–Crippen LogP) is 2.04. The Bertz CT molecular complexity index is 491. The maximum absolute atomic E-state index is 5.79. The van der Waals surface area contributed by atoms with Gasteiger partial charge in [-0.25, -0.2) is 0 Å². The van der Waals surface area contributed by atoms with Crippen LogP contribution >= 0.6 is 0 Å². The monoisotopic (exact) mass is 217 g/mol. The third kappa shape index (κ3) is 2.43. The molecule has 2 aromatic rings. The first-order valence-corrected chi connectivity index (χ1v) is 5.60. The first-order chi connectivity index (χ1) is 7.46. The SMILES string of the molecule is Cc1ccc2c(CCC(C)(N)N)c[nH]c2c1. The molecule has 0 spiro atoms. The summed E-state index contributed by atoms with van der Waals surface area (Å²) in [6.45, 7) is 3.95. The number of hydrogen-bond acceptors (Lipinski definition) is 2. The highest BCUT2D eigenvalue weighted by Gasteiger charge is 2.12.